The zero-order valence-electron chi connectivity index (χ0n) is 11.3. The predicted octanol–water partition coefficient (Wildman–Crippen LogP) is 4.48. The molecular weight excluding hydrogens is 372 g/mol. The van der Waals surface area contributed by atoms with Crippen LogP contribution < -0.4 is 0 Å². The second-order valence-corrected chi connectivity index (χ2v) is 7.73. The molecule has 0 unspecified atom stereocenters. The lowest BCUT2D eigenvalue weighted by atomic mass is 10.2. The minimum atomic E-state index is -0.956. The van der Waals surface area contributed by atoms with Crippen LogP contribution in [0.25, 0.3) is 0 Å². The summed E-state index contributed by atoms with van der Waals surface area (Å²) >= 11 is 6.62. The summed E-state index contributed by atoms with van der Waals surface area (Å²) in [4.78, 5) is 21.5. The van der Waals surface area contributed by atoms with E-state index in [1.165, 1.54) is 16.6 Å². The van der Waals surface area contributed by atoms with Crippen molar-refractivity contribution in [1.82, 2.24) is 9.97 Å². The summed E-state index contributed by atoms with van der Waals surface area (Å²) in [6, 6.07) is 2.00. The van der Waals surface area contributed by atoms with Crippen LogP contribution in [0.4, 0.5) is 0 Å². The van der Waals surface area contributed by atoms with Gasteiger partial charge in [-0.3, -0.25) is 0 Å². The van der Waals surface area contributed by atoms with E-state index in [1.54, 1.807) is 18.3 Å². The number of aromatic carboxylic acids is 1. The molecule has 0 spiro atoms. The summed E-state index contributed by atoms with van der Waals surface area (Å²) in [6.45, 7) is 1.75. The number of thiophene rings is 1. The largest absolute Gasteiger partial charge is 0.478 e. The number of carbonyl (C=O) groups is 1. The maximum absolute atomic E-state index is 11.5. The molecule has 0 aliphatic heterocycles. The molecule has 0 amide bonds. The molecule has 0 aromatic carbocycles. The molecule has 1 N–H and O–H groups in total. The monoisotopic (exact) mass is 384 g/mol. The number of hydrogen-bond donors (Lipinski definition) is 1. The summed E-state index contributed by atoms with van der Waals surface area (Å²) in [5, 5.41) is 12.0. The molecular formula is C14H13BrN2O2S2. The average molecular weight is 385 g/mol. The van der Waals surface area contributed by atoms with Crippen molar-refractivity contribution in [2.75, 3.05) is 0 Å². The fourth-order valence-corrected chi connectivity index (χ4v) is 4.88. The molecule has 7 heteroatoms. The average Bonchev–Trinajstić information content (AvgIpc) is 3.19. The van der Waals surface area contributed by atoms with Crippen molar-refractivity contribution >= 4 is 45.0 Å². The highest BCUT2D eigenvalue weighted by molar-refractivity contribution is 9.10. The summed E-state index contributed by atoms with van der Waals surface area (Å²) in [5.41, 5.74) is 0.796. The molecule has 0 atom stereocenters. The molecule has 21 heavy (non-hydrogen) atoms. The highest BCUT2D eigenvalue weighted by atomic mass is 79.9. The molecule has 1 fully saturated rings. The van der Waals surface area contributed by atoms with E-state index in [0.717, 1.165) is 23.1 Å². The smallest absolute Gasteiger partial charge is 0.340 e. The molecule has 2 aromatic heterocycles. The third-order valence-electron chi connectivity index (χ3n) is 3.26. The number of carboxylic acid groups (broad SMARTS) is 1. The van der Waals surface area contributed by atoms with Gasteiger partial charge in [-0.1, -0.05) is 11.8 Å². The van der Waals surface area contributed by atoms with Gasteiger partial charge in [0.05, 0.1) is 5.69 Å². The van der Waals surface area contributed by atoms with Gasteiger partial charge < -0.3 is 5.11 Å². The summed E-state index contributed by atoms with van der Waals surface area (Å²) in [6.07, 6.45) is 2.21. The maximum Gasteiger partial charge on any atom is 0.340 e. The van der Waals surface area contributed by atoms with E-state index >= 15 is 0 Å². The number of nitrogens with zero attached hydrogens (tertiary/aromatic N) is 2. The molecule has 3 rings (SSSR count). The molecule has 1 aliphatic carbocycles. The normalized spacial score (nSPS) is 14.4. The lowest BCUT2D eigenvalue weighted by molar-refractivity contribution is 0.0690. The van der Waals surface area contributed by atoms with Gasteiger partial charge >= 0.3 is 5.97 Å². The van der Waals surface area contributed by atoms with Crippen molar-refractivity contribution in [2.45, 2.75) is 36.5 Å². The Labute approximate surface area is 139 Å². The summed E-state index contributed by atoms with van der Waals surface area (Å²) in [5.74, 6) is 0.964. The Morgan fingerprint density at radius 2 is 2.29 bits per heavy atom. The van der Waals surface area contributed by atoms with Crippen molar-refractivity contribution in [1.29, 1.82) is 0 Å². The van der Waals surface area contributed by atoms with E-state index in [-0.39, 0.29) is 5.56 Å². The van der Waals surface area contributed by atoms with Gasteiger partial charge in [0.2, 0.25) is 0 Å². The van der Waals surface area contributed by atoms with Crippen molar-refractivity contribution < 1.29 is 9.90 Å². The number of aryl methyl sites for hydroxylation is 1. The molecule has 1 saturated carbocycles. The molecule has 0 saturated heterocycles. The van der Waals surface area contributed by atoms with E-state index in [4.69, 9.17) is 0 Å². The lowest BCUT2D eigenvalue weighted by Crippen LogP contribution is -2.09. The maximum atomic E-state index is 11.5. The van der Waals surface area contributed by atoms with Crippen LogP contribution in [-0.4, -0.2) is 21.0 Å². The van der Waals surface area contributed by atoms with E-state index in [0.29, 0.717) is 22.4 Å². The van der Waals surface area contributed by atoms with Crippen LogP contribution in [-0.2, 0) is 5.75 Å². The fraction of sp³-hybridized carbons (Fsp3) is 0.357. The number of hydrogen-bond acceptors (Lipinski definition) is 5. The Balaban J connectivity index is 1.91. The standard InChI is InChI=1S/C14H13BrN2O2S2/c1-7-11(14(18)19)13(17-12(16-7)8-2-3-8)21-6-10-9(15)4-5-20-10/h4-5,8H,2-3,6H2,1H3,(H,18,19). The Morgan fingerprint density at radius 1 is 1.52 bits per heavy atom. The van der Waals surface area contributed by atoms with Gasteiger partial charge in [0.15, 0.2) is 0 Å². The number of halogens is 1. The first-order chi connectivity index (χ1) is 10.1. The number of aromatic nitrogens is 2. The van der Waals surface area contributed by atoms with E-state index in [2.05, 4.69) is 25.9 Å². The molecule has 0 radical (unpaired) electrons. The van der Waals surface area contributed by atoms with Gasteiger partial charge in [0, 0.05) is 21.0 Å². The van der Waals surface area contributed by atoms with Crippen LogP contribution in [0, 0.1) is 6.92 Å². The Hall–Kier alpha value is -0.920. The molecule has 0 bridgehead atoms. The predicted molar refractivity (Wildman–Crippen MR) is 87.3 cm³/mol. The zero-order valence-corrected chi connectivity index (χ0v) is 14.5. The number of thioether (sulfide) groups is 1. The van der Waals surface area contributed by atoms with Crippen LogP contribution in [0.2, 0.25) is 0 Å². The first kappa shape index (κ1) is 15.0. The first-order valence-corrected chi connectivity index (χ1v) is 9.18. The van der Waals surface area contributed by atoms with Crippen molar-refractivity contribution in [3.05, 3.63) is 37.9 Å². The zero-order chi connectivity index (χ0) is 15.0. The third kappa shape index (κ3) is 3.30. The van der Waals surface area contributed by atoms with Gasteiger partial charge in [0.1, 0.15) is 16.4 Å². The molecule has 1 aliphatic rings. The third-order valence-corrected chi connectivity index (χ3v) is 6.37. The van der Waals surface area contributed by atoms with Crippen molar-refractivity contribution in [3.8, 4) is 0 Å². The van der Waals surface area contributed by atoms with Crippen molar-refractivity contribution in [3.63, 3.8) is 0 Å². The quantitative estimate of drug-likeness (QED) is 0.608. The van der Waals surface area contributed by atoms with Crippen LogP contribution >= 0.6 is 39.0 Å². The van der Waals surface area contributed by atoms with Gasteiger partial charge in [-0.25, -0.2) is 14.8 Å². The van der Waals surface area contributed by atoms with Crippen LogP contribution in [0.15, 0.2) is 20.9 Å². The van der Waals surface area contributed by atoms with E-state index in [1.807, 2.05) is 11.4 Å². The molecule has 110 valence electrons. The second kappa shape index (κ2) is 6.06. The van der Waals surface area contributed by atoms with E-state index < -0.39 is 5.97 Å². The number of carboxylic acids is 1. The minimum Gasteiger partial charge on any atom is -0.478 e. The molecule has 2 heterocycles. The van der Waals surface area contributed by atoms with Gasteiger partial charge in [-0.05, 0) is 47.1 Å². The first-order valence-electron chi connectivity index (χ1n) is 6.52. The minimum absolute atomic E-state index is 0.233. The SMILES string of the molecule is Cc1nc(C2CC2)nc(SCc2sccc2Br)c1C(=O)O. The van der Waals surface area contributed by atoms with Gasteiger partial charge in [-0.2, -0.15) is 0 Å². The molecule has 2 aromatic rings. The highest BCUT2D eigenvalue weighted by Crippen LogP contribution is 2.40. The fourth-order valence-electron chi connectivity index (χ4n) is 2.00. The Bertz CT molecular complexity index is 698. The summed E-state index contributed by atoms with van der Waals surface area (Å²) < 4.78 is 1.06. The van der Waals surface area contributed by atoms with Gasteiger partial charge in [-0.15, -0.1) is 11.3 Å². The second-order valence-electron chi connectivity index (χ2n) is 4.91. The lowest BCUT2D eigenvalue weighted by Gasteiger charge is -2.09. The van der Waals surface area contributed by atoms with E-state index in [9.17, 15) is 9.90 Å². The van der Waals surface area contributed by atoms with Crippen LogP contribution in [0.1, 0.15) is 45.5 Å². The highest BCUT2D eigenvalue weighted by Gasteiger charge is 2.29. The van der Waals surface area contributed by atoms with Crippen LogP contribution in [0.3, 0.4) is 0 Å². The van der Waals surface area contributed by atoms with Gasteiger partial charge in [0.25, 0.3) is 0 Å². The van der Waals surface area contributed by atoms with Crippen molar-refractivity contribution in [2.24, 2.45) is 0 Å². The topological polar surface area (TPSA) is 63.1 Å². The summed E-state index contributed by atoms with van der Waals surface area (Å²) in [7, 11) is 0. The molecule has 4 nitrogen and oxygen atoms in total. The number of rotatable bonds is 5. The van der Waals surface area contributed by atoms with Crippen LogP contribution in [0.5, 0.6) is 0 Å². The Morgan fingerprint density at radius 3 is 2.86 bits per heavy atom. The Kier molecular flexibility index (Phi) is 4.33.